The van der Waals surface area contributed by atoms with E-state index in [1.165, 1.54) is 11.1 Å². The molecule has 27 heavy (non-hydrogen) atoms. The lowest BCUT2D eigenvalue weighted by Gasteiger charge is -2.19. The highest BCUT2D eigenvalue weighted by atomic mass is 16.5. The highest BCUT2D eigenvalue weighted by molar-refractivity contribution is 5.94. The summed E-state index contributed by atoms with van der Waals surface area (Å²) < 4.78 is 5.28. The van der Waals surface area contributed by atoms with E-state index in [0.29, 0.717) is 30.2 Å². The number of nitrogens with zero attached hydrogens (tertiary/aromatic N) is 2. The van der Waals surface area contributed by atoms with E-state index in [2.05, 4.69) is 36.2 Å². The fraction of sp³-hybridized carbons (Fsp3) is 0.318. The first-order valence-electron chi connectivity index (χ1n) is 9.11. The monoisotopic (exact) mass is 363 g/mol. The molecule has 0 unspecified atom stereocenters. The topological polar surface area (TPSA) is 68.0 Å². The van der Waals surface area contributed by atoms with Gasteiger partial charge >= 0.3 is 0 Å². The second kappa shape index (κ2) is 7.74. The van der Waals surface area contributed by atoms with Crippen LogP contribution in [-0.4, -0.2) is 22.6 Å². The van der Waals surface area contributed by atoms with E-state index in [9.17, 15) is 4.79 Å². The zero-order chi connectivity index (χ0) is 19.4. The average Bonchev–Trinajstić information content (AvgIpc) is 3.10. The summed E-state index contributed by atoms with van der Waals surface area (Å²) in [5.74, 6) is 0.969. The highest BCUT2D eigenvalue weighted by Gasteiger charge is 2.14. The Morgan fingerprint density at radius 3 is 2.33 bits per heavy atom. The van der Waals surface area contributed by atoms with Gasteiger partial charge in [0.05, 0.1) is 0 Å². The van der Waals surface area contributed by atoms with Crippen molar-refractivity contribution < 1.29 is 9.32 Å². The minimum absolute atomic E-state index is 0.0715. The molecule has 0 aliphatic rings. The Morgan fingerprint density at radius 1 is 1.04 bits per heavy atom. The number of hydrogen-bond donors (Lipinski definition) is 1. The van der Waals surface area contributed by atoms with Crippen molar-refractivity contribution >= 4 is 5.91 Å². The third-order valence-electron chi connectivity index (χ3n) is 4.42. The van der Waals surface area contributed by atoms with Crippen molar-refractivity contribution in [1.82, 2.24) is 15.5 Å². The lowest BCUT2D eigenvalue weighted by Crippen LogP contribution is -2.25. The molecule has 3 aromatic rings. The molecular weight excluding hydrogens is 338 g/mol. The zero-order valence-corrected chi connectivity index (χ0v) is 16.2. The maximum atomic E-state index is 12.3. The second-order valence-corrected chi connectivity index (χ2v) is 7.71. The van der Waals surface area contributed by atoms with E-state index in [1.807, 2.05) is 55.5 Å². The Hall–Kier alpha value is -2.95. The molecule has 1 N–H and O–H groups in total. The second-order valence-electron chi connectivity index (χ2n) is 7.71. The van der Waals surface area contributed by atoms with Gasteiger partial charge in [0.15, 0.2) is 0 Å². The summed E-state index contributed by atoms with van der Waals surface area (Å²) in [7, 11) is 0. The van der Waals surface area contributed by atoms with Crippen LogP contribution in [-0.2, 0) is 11.8 Å². The molecule has 0 spiro atoms. The third-order valence-corrected chi connectivity index (χ3v) is 4.42. The van der Waals surface area contributed by atoms with Crippen LogP contribution in [0.2, 0.25) is 0 Å². The van der Waals surface area contributed by atoms with E-state index < -0.39 is 0 Å². The van der Waals surface area contributed by atoms with Gasteiger partial charge in [0.25, 0.3) is 5.91 Å². The minimum Gasteiger partial charge on any atom is -0.352 e. The normalized spacial score (nSPS) is 11.4. The molecule has 5 nitrogen and oxygen atoms in total. The molecule has 1 amide bonds. The Morgan fingerprint density at radius 2 is 1.70 bits per heavy atom. The first-order chi connectivity index (χ1) is 12.8. The molecule has 5 heteroatoms. The first-order valence-corrected chi connectivity index (χ1v) is 9.11. The molecule has 0 fully saturated rings. The van der Waals surface area contributed by atoms with Crippen molar-refractivity contribution in [3.05, 3.63) is 71.1 Å². The Bertz CT molecular complexity index is 904. The predicted octanol–water partition coefficient (Wildman–Crippen LogP) is 4.32. The van der Waals surface area contributed by atoms with Crippen LogP contribution in [0.3, 0.4) is 0 Å². The number of aromatic nitrogens is 2. The third kappa shape index (κ3) is 4.82. The zero-order valence-electron chi connectivity index (χ0n) is 16.2. The summed E-state index contributed by atoms with van der Waals surface area (Å²) in [5, 5.41) is 6.90. The fourth-order valence-electron chi connectivity index (χ4n) is 2.68. The van der Waals surface area contributed by atoms with Crippen molar-refractivity contribution in [3.63, 3.8) is 0 Å². The molecule has 0 aliphatic carbocycles. The van der Waals surface area contributed by atoms with Crippen LogP contribution in [0.5, 0.6) is 0 Å². The van der Waals surface area contributed by atoms with Gasteiger partial charge in [-0.05, 0) is 30.0 Å². The molecule has 1 aromatic heterocycles. The van der Waals surface area contributed by atoms with Crippen molar-refractivity contribution in [2.45, 2.75) is 39.5 Å². The Labute approximate surface area is 159 Å². The molecule has 140 valence electrons. The van der Waals surface area contributed by atoms with E-state index in [0.717, 1.165) is 5.56 Å². The smallest absolute Gasteiger partial charge is 0.251 e. The van der Waals surface area contributed by atoms with Gasteiger partial charge in [-0.25, -0.2) is 0 Å². The van der Waals surface area contributed by atoms with Gasteiger partial charge in [0.1, 0.15) is 0 Å². The molecule has 1 heterocycles. The molecule has 3 rings (SSSR count). The first kappa shape index (κ1) is 18.8. The number of rotatable bonds is 5. The number of carbonyl (C=O) groups is 1. The molecule has 0 bridgehead atoms. The average molecular weight is 363 g/mol. The SMILES string of the molecule is Cc1ccc(-c2noc(CCNC(=O)c3ccc(C(C)(C)C)cc3)n2)cc1. The summed E-state index contributed by atoms with van der Waals surface area (Å²) in [5.41, 5.74) is 4.02. The molecule has 0 saturated heterocycles. The van der Waals surface area contributed by atoms with Gasteiger partial charge < -0.3 is 9.84 Å². The van der Waals surface area contributed by atoms with Gasteiger partial charge in [-0.15, -0.1) is 0 Å². The molecule has 0 aliphatic heterocycles. The van der Waals surface area contributed by atoms with Gasteiger partial charge in [-0.2, -0.15) is 4.98 Å². The number of hydrogen-bond acceptors (Lipinski definition) is 4. The van der Waals surface area contributed by atoms with Gasteiger partial charge in [-0.3, -0.25) is 4.79 Å². The molecule has 0 atom stereocenters. The van der Waals surface area contributed by atoms with Crippen molar-refractivity contribution in [2.75, 3.05) is 6.54 Å². The summed E-state index contributed by atoms with van der Waals surface area (Å²) in [4.78, 5) is 16.7. The predicted molar refractivity (Wildman–Crippen MR) is 106 cm³/mol. The fourth-order valence-corrected chi connectivity index (χ4v) is 2.68. The van der Waals surface area contributed by atoms with Crippen LogP contribution >= 0.6 is 0 Å². The van der Waals surface area contributed by atoms with Crippen molar-refractivity contribution in [1.29, 1.82) is 0 Å². The van der Waals surface area contributed by atoms with Crippen LogP contribution in [0, 0.1) is 6.92 Å². The van der Waals surface area contributed by atoms with Crippen LogP contribution in [0.4, 0.5) is 0 Å². The number of benzene rings is 2. The molecular formula is C22H25N3O2. The lowest BCUT2D eigenvalue weighted by atomic mass is 9.87. The minimum atomic E-state index is -0.103. The summed E-state index contributed by atoms with van der Waals surface area (Å²) in [6.07, 6.45) is 0.491. The maximum absolute atomic E-state index is 12.3. The molecule has 2 aromatic carbocycles. The standard InChI is InChI=1S/C22H25N3O2/c1-15-5-7-16(8-6-15)20-24-19(27-25-20)13-14-23-21(26)17-9-11-18(12-10-17)22(2,3)4/h5-12H,13-14H2,1-4H3,(H,23,26). The van der Waals surface area contributed by atoms with Crippen LogP contribution in [0.1, 0.15) is 48.1 Å². The number of amides is 1. The van der Waals surface area contributed by atoms with E-state index in [1.54, 1.807) is 0 Å². The molecule has 0 saturated carbocycles. The molecule has 0 radical (unpaired) electrons. The maximum Gasteiger partial charge on any atom is 0.251 e. The van der Waals surface area contributed by atoms with E-state index >= 15 is 0 Å². The Kier molecular flexibility index (Phi) is 5.40. The van der Waals surface area contributed by atoms with Crippen molar-refractivity contribution in [3.8, 4) is 11.4 Å². The Balaban J connectivity index is 1.54. The lowest BCUT2D eigenvalue weighted by molar-refractivity contribution is 0.0953. The van der Waals surface area contributed by atoms with Gasteiger partial charge in [0, 0.05) is 24.1 Å². The quantitative estimate of drug-likeness (QED) is 0.733. The summed E-state index contributed by atoms with van der Waals surface area (Å²) >= 11 is 0. The van der Waals surface area contributed by atoms with Gasteiger partial charge in [0.2, 0.25) is 11.7 Å². The van der Waals surface area contributed by atoms with E-state index in [-0.39, 0.29) is 11.3 Å². The highest BCUT2D eigenvalue weighted by Crippen LogP contribution is 2.22. The number of nitrogens with one attached hydrogen (secondary N) is 1. The number of aryl methyl sites for hydroxylation is 1. The number of carbonyl (C=O) groups excluding carboxylic acids is 1. The van der Waals surface area contributed by atoms with E-state index in [4.69, 9.17) is 4.52 Å². The van der Waals surface area contributed by atoms with Crippen LogP contribution < -0.4 is 5.32 Å². The largest absolute Gasteiger partial charge is 0.352 e. The summed E-state index contributed by atoms with van der Waals surface area (Å²) in [6.45, 7) is 8.92. The van der Waals surface area contributed by atoms with Gasteiger partial charge in [-0.1, -0.05) is 67.9 Å². The summed E-state index contributed by atoms with van der Waals surface area (Å²) in [6, 6.07) is 15.7. The van der Waals surface area contributed by atoms with Crippen LogP contribution in [0.15, 0.2) is 53.1 Å². The van der Waals surface area contributed by atoms with Crippen LogP contribution in [0.25, 0.3) is 11.4 Å². The van der Waals surface area contributed by atoms with Crippen molar-refractivity contribution in [2.24, 2.45) is 0 Å².